The standard InChI is InChI=1S/C16H16F3NO3S/c17-16(18,19)24(22,23)15-9-5-4-8-14(15)20-11-13(21)10-12-6-2-1-3-7-12/h1-9,13,20-21H,10-11H2. The molecule has 0 amide bonds. The van der Waals surface area contributed by atoms with Crippen LogP contribution in [0.15, 0.2) is 59.5 Å². The third kappa shape index (κ3) is 4.27. The summed E-state index contributed by atoms with van der Waals surface area (Å²) in [5.74, 6) is 0. The molecule has 0 heterocycles. The average Bonchev–Trinajstić information content (AvgIpc) is 2.53. The van der Waals surface area contributed by atoms with Crippen molar-refractivity contribution in [3.05, 3.63) is 60.2 Å². The first-order valence-corrected chi connectivity index (χ1v) is 8.56. The first-order valence-electron chi connectivity index (χ1n) is 7.08. The van der Waals surface area contributed by atoms with E-state index in [0.29, 0.717) is 6.42 Å². The minimum atomic E-state index is -5.46. The monoisotopic (exact) mass is 359 g/mol. The van der Waals surface area contributed by atoms with E-state index in [1.54, 1.807) is 12.1 Å². The van der Waals surface area contributed by atoms with E-state index in [9.17, 15) is 26.7 Å². The van der Waals surface area contributed by atoms with E-state index in [2.05, 4.69) is 5.32 Å². The maximum Gasteiger partial charge on any atom is 0.501 e. The van der Waals surface area contributed by atoms with Crippen molar-refractivity contribution >= 4 is 15.5 Å². The summed E-state index contributed by atoms with van der Waals surface area (Å²) >= 11 is 0. The van der Waals surface area contributed by atoms with E-state index in [1.165, 1.54) is 18.2 Å². The van der Waals surface area contributed by atoms with Gasteiger partial charge in [0.2, 0.25) is 0 Å². The Kier molecular flexibility index (Phi) is 5.51. The maximum atomic E-state index is 12.7. The molecule has 0 saturated heterocycles. The molecular weight excluding hydrogens is 343 g/mol. The molecule has 8 heteroatoms. The first-order chi connectivity index (χ1) is 11.2. The second-order valence-corrected chi connectivity index (χ2v) is 7.08. The van der Waals surface area contributed by atoms with Crippen LogP contribution in [0.4, 0.5) is 18.9 Å². The summed E-state index contributed by atoms with van der Waals surface area (Å²) in [7, 11) is -5.46. The molecule has 130 valence electrons. The Hall–Kier alpha value is -2.06. The topological polar surface area (TPSA) is 66.4 Å². The second kappa shape index (κ2) is 7.23. The van der Waals surface area contributed by atoms with Gasteiger partial charge >= 0.3 is 5.51 Å². The summed E-state index contributed by atoms with van der Waals surface area (Å²) in [5.41, 5.74) is -4.71. The van der Waals surface area contributed by atoms with Gasteiger partial charge in [0.05, 0.1) is 16.7 Å². The van der Waals surface area contributed by atoms with Gasteiger partial charge in [0.1, 0.15) is 0 Å². The molecule has 0 bridgehead atoms. The second-order valence-electron chi connectivity index (χ2n) is 5.17. The predicted octanol–water partition coefficient (Wildman–Crippen LogP) is 3.00. The molecule has 0 radical (unpaired) electrons. The van der Waals surface area contributed by atoms with Crippen LogP contribution in [0.2, 0.25) is 0 Å². The molecule has 0 aromatic heterocycles. The Balaban J connectivity index is 2.11. The van der Waals surface area contributed by atoms with Crippen LogP contribution in [0.25, 0.3) is 0 Å². The first kappa shape index (κ1) is 18.3. The van der Waals surface area contributed by atoms with Crippen molar-refractivity contribution in [3.8, 4) is 0 Å². The molecule has 0 aliphatic rings. The largest absolute Gasteiger partial charge is 0.501 e. The number of hydrogen-bond acceptors (Lipinski definition) is 4. The van der Waals surface area contributed by atoms with Crippen molar-refractivity contribution in [1.29, 1.82) is 0 Å². The van der Waals surface area contributed by atoms with Crippen molar-refractivity contribution < 1.29 is 26.7 Å². The van der Waals surface area contributed by atoms with Gasteiger partial charge in [-0.25, -0.2) is 8.42 Å². The summed E-state index contributed by atoms with van der Waals surface area (Å²) in [5, 5.41) is 12.6. The Morgan fingerprint density at radius 1 is 1.00 bits per heavy atom. The van der Waals surface area contributed by atoms with E-state index in [-0.39, 0.29) is 12.2 Å². The van der Waals surface area contributed by atoms with Crippen LogP contribution in [0, 0.1) is 0 Å². The van der Waals surface area contributed by atoms with Crippen LogP contribution < -0.4 is 5.32 Å². The Morgan fingerprint density at radius 2 is 1.58 bits per heavy atom. The molecule has 2 aromatic carbocycles. The fourth-order valence-corrected chi connectivity index (χ4v) is 3.09. The lowest BCUT2D eigenvalue weighted by atomic mass is 10.1. The highest BCUT2D eigenvalue weighted by molar-refractivity contribution is 7.92. The molecule has 0 saturated carbocycles. The van der Waals surface area contributed by atoms with Gasteiger partial charge in [-0.3, -0.25) is 0 Å². The molecule has 1 unspecified atom stereocenters. The van der Waals surface area contributed by atoms with E-state index in [1.807, 2.05) is 18.2 Å². The molecule has 0 spiro atoms. The quantitative estimate of drug-likeness (QED) is 0.832. The average molecular weight is 359 g/mol. The molecular formula is C16H16F3NO3S. The number of anilines is 1. The van der Waals surface area contributed by atoms with E-state index >= 15 is 0 Å². The van der Waals surface area contributed by atoms with Gasteiger partial charge in [0, 0.05) is 13.0 Å². The van der Waals surface area contributed by atoms with E-state index in [4.69, 9.17) is 0 Å². The highest BCUT2D eigenvalue weighted by Gasteiger charge is 2.47. The van der Waals surface area contributed by atoms with Crippen molar-refractivity contribution in [1.82, 2.24) is 0 Å². The number of hydrogen-bond donors (Lipinski definition) is 2. The third-order valence-electron chi connectivity index (χ3n) is 3.32. The lowest BCUT2D eigenvalue weighted by molar-refractivity contribution is -0.0435. The van der Waals surface area contributed by atoms with Gasteiger partial charge in [-0.1, -0.05) is 42.5 Å². The highest BCUT2D eigenvalue weighted by atomic mass is 32.2. The normalized spacial score (nSPS) is 13.5. The number of benzene rings is 2. The Bertz CT molecular complexity index is 777. The third-order valence-corrected chi connectivity index (χ3v) is 4.87. The molecule has 2 N–H and O–H groups in total. The minimum absolute atomic E-state index is 0.0840. The molecule has 1 atom stereocenters. The molecule has 2 aromatic rings. The van der Waals surface area contributed by atoms with Crippen molar-refractivity contribution in [3.63, 3.8) is 0 Å². The summed E-state index contributed by atoms with van der Waals surface area (Å²) in [4.78, 5) is -0.857. The number of sulfone groups is 1. The fourth-order valence-electron chi connectivity index (χ4n) is 2.16. The van der Waals surface area contributed by atoms with Crippen molar-refractivity contribution in [2.24, 2.45) is 0 Å². The van der Waals surface area contributed by atoms with Crippen LogP contribution in [0.1, 0.15) is 5.56 Å². The van der Waals surface area contributed by atoms with Gasteiger partial charge in [-0.05, 0) is 17.7 Å². The van der Waals surface area contributed by atoms with Crippen LogP contribution in [-0.2, 0) is 16.3 Å². The fraction of sp³-hybridized carbons (Fsp3) is 0.250. The van der Waals surface area contributed by atoms with Gasteiger partial charge in [0.15, 0.2) is 0 Å². The summed E-state index contributed by atoms with van der Waals surface area (Å²) < 4.78 is 61.3. The van der Waals surface area contributed by atoms with Gasteiger partial charge in [0.25, 0.3) is 9.84 Å². The number of aliphatic hydroxyl groups is 1. The van der Waals surface area contributed by atoms with Crippen molar-refractivity contribution in [2.45, 2.75) is 22.9 Å². The minimum Gasteiger partial charge on any atom is -0.391 e. The Morgan fingerprint density at radius 3 is 2.21 bits per heavy atom. The van der Waals surface area contributed by atoms with Crippen LogP contribution in [0.3, 0.4) is 0 Å². The lowest BCUT2D eigenvalue weighted by Crippen LogP contribution is -2.26. The van der Waals surface area contributed by atoms with Gasteiger partial charge < -0.3 is 10.4 Å². The zero-order valence-electron chi connectivity index (χ0n) is 12.5. The molecule has 0 aliphatic carbocycles. The zero-order valence-corrected chi connectivity index (χ0v) is 13.3. The number of alkyl halides is 3. The number of para-hydroxylation sites is 1. The SMILES string of the molecule is O=S(=O)(c1ccccc1NCC(O)Cc1ccccc1)C(F)(F)F. The summed E-state index contributed by atoms with van der Waals surface area (Å²) in [6.07, 6.45) is -0.587. The molecule has 24 heavy (non-hydrogen) atoms. The van der Waals surface area contributed by atoms with Crippen LogP contribution in [-0.4, -0.2) is 31.7 Å². The predicted molar refractivity (Wildman–Crippen MR) is 84.3 cm³/mol. The van der Waals surface area contributed by atoms with E-state index in [0.717, 1.165) is 11.6 Å². The Labute approximate surface area is 137 Å². The summed E-state index contributed by atoms with van der Waals surface area (Å²) in [6, 6.07) is 13.8. The molecule has 2 rings (SSSR count). The number of rotatable bonds is 6. The maximum absolute atomic E-state index is 12.7. The van der Waals surface area contributed by atoms with Crippen molar-refractivity contribution in [2.75, 3.05) is 11.9 Å². The zero-order chi connectivity index (χ0) is 17.8. The molecule has 0 fully saturated rings. The number of nitrogens with one attached hydrogen (secondary N) is 1. The van der Waals surface area contributed by atoms with Gasteiger partial charge in [-0.2, -0.15) is 13.2 Å². The summed E-state index contributed by atoms with van der Waals surface area (Å²) in [6.45, 7) is -0.0840. The van der Waals surface area contributed by atoms with E-state index < -0.39 is 26.3 Å². The highest BCUT2D eigenvalue weighted by Crippen LogP contribution is 2.34. The molecule has 4 nitrogen and oxygen atoms in total. The lowest BCUT2D eigenvalue weighted by Gasteiger charge is -2.16. The van der Waals surface area contributed by atoms with Crippen LogP contribution >= 0.6 is 0 Å². The number of halogens is 3. The van der Waals surface area contributed by atoms with Gasteiger partial charge in [-0.15, -0.1) is 0 Å². The molecule has 0 aliphatic heterocycles. The van der Waals surface area contributed by atoms with Crippen LogP contribution in [0.5, 0.6) is 0 Å². The smallest absolute Gasteiger partial charge is 0.391 e. The number of aliphatic hydroxyl groups excluding tert-OH is 1.